The van der Waals surface area contributed by atoms with Crippen molar-refractivity contribution in [2.75, 3.05) is 53.6 Å². The summed E-state index contributed by atoms with van der Waals surface area (Å²) in [7, 11) is 3.71. The lowest BCUT2D eigenvalue weighted by molar-refractivity contribution is 0.114. The zero-order valence-electron chi connectivity index (χ0n) is 16.4. The number of methoxy groups -OCH3 is 1. The van der Waals surface area contributed by atoms with Gasteiger partial charge in [0.1, 0.15) is 5.75 Å². The topological polar surface area (TPSA) is 55.3 Å². The number of hydrogen-bond donors (Lipinski definition) is 1. The molecule has 0 spiro atoms. The van der Waals surface area contributed by atoms with E-state index in [4.69, 9.17) is 14.2 Å². The van der Waals surface area contributed by atoms with Gasteiger partial charge in [0, 0.05) is 26.7 Å². The van der Waals surface area contributed by atoms with Gasteiger partial charge in [0.05, 0.1) is 33.5 Å². The molecule has 2 rings (SSSR count). The summed E-state index contributed by atoms with van der Waals surface area (Å²) < 4.78 is 16.7. The van der Waals surface area contributed by atoms with Crippen molar-refractivity contribution in [3.05, 3.63) is 29.8 Å². The fourth-order valence-electron chi connectivity index (χ4n) is 2.48. The second kappa shape index (κ2) is 11.8. The van der Waals surface area contributed by atoms with Crippen LogP contribution in [0.1, 0.15) is 25.3 Å². The third-order valence-electron chi connectivity index (χ3n) is 4.22. The molecule has 0 atom stereocenters. The first kappa shape index (κ1) is 20.5. The van der Waals surface area contributed by atoms with Gasteiger partial charge >= 0.3 is 0 Å². The molecule has 1 saturated carbocycles. The van der Waals surface area contributed by atoms with E-state index in [-0.39, 0.29) is 0 Å². The smallest absolute Gasteiger partial charge is 0.193 e. The molecule has 1 aliphatic carbocycles. The molecule has 6 heteroatoms. The van der Waals surface area contributed by atoms with E-state index in [0.717, 1.165) is 49.5 Å². The van der Waals surface area contributed by atoms with Gasteiger partial charge in [0.25, 0.3) is 0 Å². The molecule has 0 heterocycles. The van der Waals surface area contributed by atoms with Crippen LogP contribution in [0.15, 0.2) is 29.3 Å². The second-order valence-electron chi connectivity index (χ2n) is 6.58. The molecule has 1 N–H and O–H groups in total. The lowest BCUT2D eigenvalue weighted by atomic mass is 10.2. The van der Waals surface area contributed by atoms with Crippen molar-refractivity contribution in [1.82, 2.24) is 10.2 Å². The van der Waals surface area contributed by atoms with Crippen molar-refractivity contribution in [2.24, 2.45) is 10.9 Å². The quantitative estimate of drug-likeness (QED) is 0.351. The number of likely N-dealkylation sites (N-methyl/N-ethyl adjacent to an activating group) is 1. The number of hydrogen-bond acceptors (Lipinski definition) is 4. The van der Waals surface area contributed by atoms with Gasteiger partial charge in [0.2, 0.25) is 0 Å². The SMILES string of the molecule is CCNC(=NCCOCc1cccc(OC)c1)N(C)CCOCC1CC1. The molecule has 1 aliphatic rings. The predicted octanol–water partition coefficient (Wildman–Crippen LogP) is 2.54. The molecule has 0 radical (unpaired) electrons. The Morgan fingerprint density at radius 3 is 2.85 bits per heavy atom. The van der Waals surface area contributed by atoms with E-state index in [0.29, 0.717) is 19.8 Å². The fraction of sp³-hybridized carbons (Fsp3) is 0.650. The van der Waals surface area contributed by atoms with E-state index in [1.165, 1.54) is 12.8 Å². The molecule has 0 amide bonds. The summed E-state index contributed by atoms with van der Waals surface area (Å²) >= 11 is 0. The van der Waals surface area contributed by atoms with Crippen LogP contribution in [0.5, 0.6) is 5.75 Å². The highest BCUT2D eigenvalue weighted by molar-refractivity contribution is 5.79. The van der Waals surface area contributed by atoms with Crippen molar-refractivity contribution < 1.29 is 14.2 Å². The van der Waals surface area contributed by atoms with Crippen molar-refractivity contribution >= 4 is 5.96 Å². The minimum absolute atomic E-state index is 0.564. The summed E-state index contributed by atoms with van der Waals surface area (Å²) in [5.41, 5.74) is 1.10. The van der Waals surface area contributed by atoms with E-state index in [2.05, 4.69) is 22.1 Å². The Balaban J connectivity index is 1.65. The number of ether oxygens (including phenoxy) is 3. The lowest BCUT2D eigenvalue weighted by Crippen LogP contribution is -2.40. The Morgan fingerprint density at radius 1 is 1.27 bits per heavy atom. The van der Waals surface area contributed by atoms with Crippen molar-refractivity contribution in [2.45, 2.75) is 26.4 Å². The zero-order valence-corrected chi connectivity index (χ0v) is 16.4. The van der Waals surface area contributed by atoms with Crippen LogP contribution in [0.25, 0.3) is 0 Å². The average molecular weight is 364 g/mol. The first-order valence-electron chi connectivity index (χ1n) is 9.50. The van der Waals surface area contributed by atoms with E-state index >= 15 is 0 Å². The van der Waals surface area contributed by atoms with Gasteiger partial charge in [-0.3, -0.25) is 4.99 Å². The van der Waals surface area contributed by atoms with Crippen LogP contribution < -0.4 is 10.1 Å². The van der Waals surface area contributed by atoms with Crippen molar-refractivity contribution in [1.29, 1.82) is 0 Å². The van der Waals surface area contributed by atoms with Gasteiger partial charge in [-0.25, -0.2) is 0 Å². The molecule has 0 saturated heterocycles. The predicted molar refractivity (Wildman–Crippen MR) is 105 cm³/mol. The normalized spacial score (nSPS) is 14.3. The highest BCUT2D eigenvalue weighted by Crippen LogP contribution is 2.28. The molecule has 26 heavy (non-hydrogen) atoms. The van der Waals surface area contributed by atoms with Crippen LogP contribution in [0.2, 0.25) is 0 Å². The Labute approximate surface area is 157 Å². The minimum atomic E-state index is 0.564. The van der Waals surface area contributed by atoms with Gasteiger partial charge in [-0.1, -0.05) is 12.1 Å². The molecular weight excluding hydrogens is 330 g/mol. The molecular formula is C20H33N3O3. The molecule has 0 aromatic heterocycles. The second-order valence-corrected chi connectivity index (χ2v) is 6.58. The van der Waals surface area contributed by atoms with Gasteiger partial charge in [-0.2, -0.15) is 0 Å². The average Bonchev–Trinajstić information content (AvgIpc) is 3.48. The van der Waals surface area contributed by atoms with Crippen LogP contribution in [-0.4, -0.2) is 64.5 Å². The molecule has 1 aromatic rings. The third-order valence-corrected chi connectivity index (χ3v) is 4.22. The number of nitrogens with one attached hydrogen (secondary N) is 1. The van der Waals surface area contributed by atoms with Crippen molar-refractivity contribution in [3.63, 3.8) is 0 Å². The molecule has 0 aliphatic heterocycles. The van der Waals surface area contributed by atoms with E-state index in [9.17, 15) is 0 Å². The maximum atomic E-state index is 5.73. The molecule has 146 valence electrons. The molecule has 6 nitrogen and oxygen atoms in total. The number of guanidine groups is 1. The van der Waals surface area contributed by atoms with Gasteiger partial charge in [0.15, 0.2) is 5.96 Å². The monoisotopic (exact) mass is 363 g/mol. The zero-order chi connectivity index (χ0) is 18.6. The molecule has 0 unspecified atom stereocenters. The van der Waals surface area contributed by atoms with Crippen molar-refractivity contribution in [3.8, 4) is 5.75 Å². The van der Waals surface area contributed by atoms with Crippen LogP contribution in [0.3, 0.4) is 0 Å². The van der Waals surface area contributed by atoms with Gasteiger partial charge < -0.3 is 24.4 Å². The highest BCUT2D eigenvalue weighted by Gasteiger charge is 2.21. The summed E-state index contributed by atoms with van der Waals surface area (Å²) in [6.07, 6.45) is 2.66. The Kier molecular flexibility index (Phi) is 9.28. The Morgan fingerprint density at radius 2 is 2.12 bits per heavy atom. The van der Waals surface area contributed by atoms with Gasteiger partial charge in [-0.15, -0.1) is 0 Å². The summed E-state index contributed by atoms with van der Waals surface area (Å²) in [6.45, 7) is 7.17. The minimum Gasteiger partial charge on any atom is -0.497 e. The Bertz CT molecular complexity index is 547. The largest absolute Gasteiger partial charge is 0.497 e. The van der Waals surface area contributed by atoms with Crippen LogP contribution >= 0.6 is 0 Å². The van der Waals surface area contributed by atoms with Crippen LogP contribution in [-0.2, 0) is 16.1 Å². The van der Waals surface area contributed by atoms with Crippen LogP contribution in [0.4, 0.5) is 0 Å². The summed E-state index contributed by atoms with van der Waals surface area (Å²) in [5.74, 6) is 2.56. The maximum absolute atomic E-state index is 5.73. The summed E-state index contributed by atoms with van der Waals surface area (Å²) in [4.78, 5) is 6.74. The standard InChI is InChI=1S/C20H33N3O3/c1-4-21-20(23(2)11-13-26-15-17-8-9-17)22-10-12-25-16-18-6-5-7-19(14-18)24-3/h5-7,14,17H,4,8-13,15-16H2,1-3H3,(H,21,22). The Hall–Kier alpha value is -1.79. The lowest BCUT2D eigenvalue weighted by Gasteiger charge is -2.22. The van der Waals surface area contributed by atoms with E-state index in [1.807, 2.05) is 31.3 Å². The number of aliphatic imine (C=N–C) groups is 1. The number of nitrogens with zero attached hydrogens (tertiary/aromatic N) is 2. The summed E-state index contributed by atoms with van der Waals surface area (Å²) in [5, 5.41) is 3.32. The maximum Gasteiger partial charge on any atom is 0.193 e. The molecule has 1 aromatic carbocycles. The first-order valence-corrected chi connectivity index (χ1v) is 9.50. The number of benzene rings is 1. The summed E-state index contributed by atoms with van der Waals surface area (Å²) in [6, 6.07) is 7.92. The van der Waals surface area contributed by atoms with Gasteiger partial charge in [-0.05, 0) is 43.4 Å². The van der Waals surface area contributed by atoms with E-state index < -0.39 is 0 Å². The number of rotatable bonds is 12. The van der Waals surface area contributed by atoms with E-state index in [1.54, 1.807) is 7.11 Å². The third kappa shape index (κ3) is 8.06. The molecule has 0 bridgehead atoms. The highest BCUT2D eigenvalue weighted by atomic mass is 16.5. The van der Waals surface area contributed by atoms with Crippen LogP contribution in [0, 0.1) is 5.92 Å². The first-order chi connectivity index (χ1) is 12.7. The fourth-order valence-corrected chi connectivity index (χ4v) is 2.48. The molecule has 1 fully saturated rings.